The lowest BCUT2D eigenvalue weighted by Crippen LogP contribution is -2.27. The van der Waals surface area contributed by atoms with Crippen LogP contribution in [0.1, 0.15) is 16.8 Å². The normalized spacial score (nSPS) is 11.0. The van der Waals surface area contributed by atoms with E-state index in [1.807, 2.05) is 0 Å². The molecule has 6 nitrogen and oxygen atoms in total. The Hall–Kier alpha value is -2.38. The molecule has 2 aromatic rings. The minimum atomic E-state index is -3.34. The summed E-state index contributed by atoms with van der Waals surface area (Å²) in [4.78, 5) is 24.0. The van der Waals surface area contributed by atoms with E-state index in [-0.39, 0.29) is 29.7 Å². The number of hydrogen-bond donors (Lipinski definition) is 2. The second-order valence-electron chi connectivity index (χ2n) is 5.33. The van der Waals surface area contributed by atoms with E-state index < -0.39 is 9.84 Å². The summed E-state index contributed by atoms with van der Waals surface area (Å²) < 4.78 is 23.0. The monoisotopic (exact) mass is 380 g/mol. The lowest BCUT2D eigenvalue weighted by atomic mass is 10.2. The standard InChI is InChI=1S/C17H17ClN2O4S/c1-25(23,24)13-6-4-5-12(11-13)20-16(21)9-10-19-17(22)14-7-2-3-8-15(14)18/h2-8,11H,9-10H2,1H3,(H,19,22)(H,20,21). The lowest BCUT2D eigenvalue weighted by molar-refractivity contribution is -0.116. The van der Waals surface area contributed by atoms with Crippen LogP contribution in [-0.2, 0) is 14.6 Å². The average molecular weight is 381 g/mol. The molecule has 0 heterocycles. The number of nitrogens with one attached hydrogen (secondary N) is 2. The smallest absolute Gasteiger partial charge is 0.252 e. The molecule has 0 saturated carbocycles. The minimum Gasteiger partial charge on any atom is -0.351 e. The van der Waals surface area contributed by atoms with Gasteiger partial charge in [-0.05, 0) is 30.3 Å². The van der Waals surface area contributed by atoms with Gasteiger partial charge in [0.1, 0.15) is 0 Å². The molecule has 2 aromatic carbocycles. The maximum atomic E-state index is 12.0. The van der Waals surface area contributed by atoms with Crippen LogP contribution in [0, 0.1) is 0 Å². The first kappa shape index (κ1) is 19.0. The molecule has 0 atom stereocenters. The van der Waals surface area contributed by atoms with Gasteiger partial charge in [-0.3, -0.25) is 9.59 Å². The number of sulfone groups is 1. The van der Waals surface area contributed by atoms with Crippen molar-refractivity contribution in [2.24, 2.45) is 0 Å². The zero-order chi connectivity index (χ0) is 18.4. The zero-order valence-corrected chi connectivity index (χ0v) is 15.0. The summed E-state index contributed by atoms with van der Waals surface area (Å²) in [5.41, 5.74) is 0.718. The Morgan fingerprint density at radius 3 is 2.48 bits per heavy atom. The fraction of sp³-hybridized carbons (Fsp3) is 0.176. The molecular weight excluding hydrogens is 364 g/mol. The van der Waals surface area contributed by atoms with Crippen molar-refractivity contribution in [2.45, 2.75) is 11.3 Å². The highest BCUT2D eigenvalue weighted by Gasteiger charge is 2.11. The molecule has 132 valence electrons. The van der Waals surface area contributed by atoms with Gasteiger partial charge in [0.25, 0.3) is 5.91 Å². The van der Waals surface area contributed by atoms with E-state index in [0.717, 1.165) is 6.26 Å². The van der Waals surface area contributed by atoms with Crippen LogP contribution >= 0.6 is 11.6 Å². The van der Waals surface area contributed by atoms with Crippen molar-refractivity contribution in [3.63, 3.8) is 0 Å². The van der Waals surface area contributed by atoms with Crippen LogP contribution in [0.2, 0.25) is 5.02 Å². The van der Waals surface area contributed by atoms with Crippen molar-refractivity contribution in [2.75, 3.05) is 18.1 Å². The maximum Gasteiger partial charge on any atom is 0.252 e. The highest BCUT2D eigenvalue weighted by Crippen LogP contribution is 2.16. The maximum absolute atomic E-state index is 12.0. The summed E-state index contributed by atoms with van der Waals surface area (Å²) in [5, 5.41) is 5.55. The number of carbonyl (C=O) groups excluding carboxylic acids is 2. The third-order valence-corrected chi connectivity index (χ3v) is 4.74. The Morgan fingerprint density at radius 1 is 1.08 bits per heavy atom. The molecule has 2 rings (SSSR count). The van der Waals surface area contributed by atoms with Gasteiger partial charge in [0, 0.05) is 24.9 Å². The number of hydrogen-bond acceptors (Lipinski definition) is 4. The number of amides is 2. The number of rotatable bonds is 6. The number of anilines is 1. The van der Waals surface area contributed by atoms with Crippen LogP contribution in [-0.4, -0.2) is 33.0 Å². The van der Waals surface area contributed by atoms with E-state index >= 15 is 0 Å². The quantitative estimate of drug-likeness (QED) is 0.805. The van der Waals surface area contributed by atoms with Gasteiger partial charge in [0.15, 0.2) is 9.84 Å². The fourth-order valence-electron chi connectivity index (χ4n) is 2.06. The Morgan fingerprint density at radius 2 is 1.80 bits per heavy atom. The predicted octanol–water partition coefficient (Wildman–Crippen LogP) is 2.50. The average Bonchev–Trinajstić information content (AvgIpc) is 2.54. The molecule has 8 heteroatoms. The first-order chi connectivity index (χ1) is 11.8. The first-order valence-corrected chi connectivity index (χ1v) is 9.67. The van der Waals surface area contributed by atoms with Crippen molar-refractivity contribution in [3.05, 3.63) is 59.1 Å². The van der Waals surface area contributed by atoms with Gasteiger partial charge in [0.2, 0.25) is 5.91 Å². The van der Waals surface area contributed by atoms with E-state index in [1.54, 1.807) is 36.4 Å². The molecule has 0 aromatic heterocycles. The predicted molar refractivity (Wildman–Crippen MR) is 96.6 cm³/mol. The van der Waals surface area contributed by atoms with E-state index in [9.17, 15) is 18.0 Å². The molecule has 0 aliphatic heterocycles. The highest BCUT2D eigenvalue weighted by atomic mass is 35.5. The van der Waals surface area contributed by atoms with Crippen LogP contribution in [0.5, 0.6) is 0 Å². The van der Waals surface area contributed by atoms with Crippen molar-refractivity contribution in [3.8, 4) is 0 Å². The van der Waals surface area contributed by atoms with Crippen molar-refractivity contribution < 1.29 is 18.0 Å². The van der Waals surface area contributed by atoms with Crippen molar-refractivity contribution in [1.82, 2.24) is 5.32 Å². The minimum absolute atomic E-state index is 0.0410. The largest absolute Gasteiger partial charge is 0.351 e. The Kier molecular flexibility index (Phi) is 6.17. The molecule has 25 heavy (non-hydrogen) atoms. The van der Waals surface area contributed by atoms with Gasteiger partial charge < -0.3 is 10.6 Å². The van der Waals surface area contributed by atoms with Gasteiger partial charge >= 0.3 is 0 Å². The Labute approximate surface area is 151 Å². The zero-order valence-electron chi connectivity index (χ0n) is 13.5. The molecule has 0 unspecified atom stereocenters. The summed E-state index contributed by atoms with van der Waals surface area (Å²) >= 11 is 5.93. The Bertz CT molecular complexity index is 897. The van der Waals surface area contributed by atoms with Gasteiger partial charge in [0.05, 0.1) is 15.5 Å². The fourth-order valence-corrected chi connectivity index (χ4v) is 2.95. The van der Waals surface area contributed by atoms with E-state index in [0.29, 0.717) is 16.3 Å². The number of carbonyl (C=O) groups is 2. The molecule has 0 aliphatic carbocycles. The molecule has 2 N–H and O–H groups in total. The number of benzene rings is 2. The van der Waals surface area contributed by atoms with Gasteiger partial charge in [-0.2, -0.15) is 0 Å². The second kappa shape index (κ2) is 8.13. The van der Waals surface area contributed by atoms with Crippen LogP contribution in [0.4, 0.5) is 5.69 Å². The molecule has 0 fully saturated rings. The highest BCUT2D eigenvalue weighted by molar-refractivity contribution is 7.90. The Balaban J connectivity index is 1.87. The van der Waals surface area contributed by atoms with E-state index in [4.69, 9.17) is 11.6 Å². The summed E-state index contributed by atoms with van der Waals surface area (Å²) in [6.45, 7) is 0.127. The molecule has 0 bridgehead atoms. The number of halogens is 1. The second-order valence-corrected chi connectivity index (χ2v) is 7.76. The molecular formula is C17H17ClN2O4S. The lowest BCUT2D eigenvalue weighted by Gasteiger charge is -2.08. The van der Waals surface area contributed by atoms with Crippen molar-refractivity contribution >= 4 is 38.9 Å². The molecule has 0 saturated heterocycles. The molecule has 0 spiro atoms. The molecule has 0 aliphatic rings. The van der Waals surface area contributed by atoms with E-state index in [1.165, 1.54) is 12.1 Å². The van der Waals surface area contributed by atoms with Crippen LogP contribution in [0.25, 0.3) is 0 Å². The SMILES string of the molecule is CS(=O)(=O)c1cccc(NC(=O)CCNC(=O)c2ccccc2Cl)c1. The third-order valence-electron chi connectivity index (χ3n) is 3.30. The summed E-state index contributed by atoms with van der Waals surface area (Å²) in [6, 6.07) is 12.6. The molecule has 2 amide bonds. The first-order valence-electron chi connectivity index (χ1n) is 7.40. The summed E-state index contributed by atoms with van der Waals surface area (Å²) in [6.07, 6.45) is 1.14. The third kappa shape index (κ3) is 5.58. The van der Waals surface area contributed by atoms with Gasteiger partial charge in [-0.25, -0.2) is 8.42 Å². The van der Waals surface area contributed by atoms with Crippen LogP contribution < -0.4 is 10.6 Å². The van der Waals surface area contributed by atoms with Gasteiger partial charge in [-0.15, -0.1) is 0 Å². The summed E-state index contributed by atoms with van der Waals surface area (Å²) in [7, 11) is -3.34. The molecule has 0 radical (unpaired) electrons. The van der Waals surface area contributed by atoms with Gasteiger partial charge in [-0.1, -0.05) is 29.8 Å². The topological polar surface area (TPSA) is 92.3 Å². The summed E-state index contributed by atoms with van der Waals surface area (Å²) in [5.74, 6) is -0.706. The van der Waals surface area contributed by atoms with Crippen LogP contribution in [0.3, 0.4) is 0 Å². The van der Waals surface area contributed by atoms with Crippen molar-refractivity contribution in [1.29, 1.82) is 0 Å². The van der Waals surface area contributed by atoms with Crippen LogP contribution in [0.15, 0.2) is 53.4 Å². The van der Waals surface area contributed by atoms with E-state index in [2.05, 4.69) is 10.6 Å².